The molecule has 7 heteroatoms. The Bertz CT molecular complexity index is 932. The van der Waals surface area contributed by atoms with Crippen molar-refractivity contribution in [2.24, 2.45) is 5.92 Å². The van der Waals surface area contributed by atoms with Crippen molar-refractivity contribution < 1.29 is 4.79 Å². The summed E-state index contributed by atoms with van der Waals surface area (Å²) in [6, 6.07) is 7.43. The van der Waals surface area contributed by atoms with Crippen molar-refractivity contribution in [1.29, 1.82) is 0 Å². The van der Waals surface area contributed by atoms with Gasteiger partial charge in [0.1, 0.15) is 10.7 Å². The molecule has 0 saturated carbocycles. The minimum Gasteiger partial charge on any atom is -0.330 e. The van der Waals surface area contributed by atoms with Crippen LogP contribution in [0.25, 0.3) is 11.0 Å². The molecule has 3 rings (SSSR count). The Morgan fingerprint density at radius 1 is 1.31 bits per heavy atom. The molecule has 0 saturated heterocycles. The molecular weight excluding hydrogens is 389 g/mol. The molecule has 0 bridgehead atoms. The number of imidazole rings is 1. The predicted octanol–water partition coefficient (Wildman–Crippen LogP) is 5.72. The number of hydrogen-bond acceptors (Lipinski definition) is 3. The first kappa shape index (κ1) is 19.2. The smallest absolute Gasteiger partial charge is 0.265 e. The number of amides is 1. The number of hydrogen-bond donors (Lipinski definition) is 0. The molecule has 1 aromatic carbocycles. The maximum atomic E-state index is 13.0. The summed E-state index contributed by atoms with van der Waals surface area (Å²) in [6.07, 6.45) is 0. The van der Waals surface area contributed by atoms with E-state index in [9.17, 15) is 4.79 Å². The van der Waals surface area contributed by atoms with Crippen molar-refractivity contribution >= 4 is 51.5 Å². The lowest BCUT2D eigenvalue weighted by molar-refractivity contribution is 0.0721. The van der Waals surface area contributed by atoms with E-state index < -0.39 is 0 Å². The van der Waals surface area contributed by atoms with Crippen molar-refractivity contribution in [2.45, 2.75) is 33.9 Å². The van der Waals surface area contributed by atoms with Gasteiger partial charge in [-0.2, -0.15) is 0 Å². The summed E-state index contributed by atoms with van der Waals surface area (Å²) in [5, 5.41) is 3.02. The second-order valence-corrected chi connectivity index (χ2v) is 8.34. The predicted molar refractivity (Wildman–Crippen MR) is 109 cm³/mol. The second-order valence-electron chi connectivity index (χ2n) is 6.58. The van der Waals surface area contributed by atoms with Crippen molar-refractivity contribution in [3.63, 3.8) is 0 Å². The zero-order valence-corrected chi connectivity index (χ0v) is 17.3. The number of aromatic nitrogens is 2. The van der Waals surface area contributed by atoms with Gasteiger partial charge in [0.2, 0.25) is 0 Å². The molecule has 4 nitrogen and oxygen atoms in total. The highest BCUT2D eigenvalue weighted by Crippen LogP contribution is 2.26. The van der Waals surface area contributed by atoms with Crippen LogP contribution in [0.2, 0.25) is 10.0 Å². The second kappa shape index (κ2) is 7.99. The SMILES string of the molecule is CCn1c(CN(CC(C)C)C(=O)c2sccc2Cl)nc2ccc(Cl)cc21. The zero-order valence-electron chi connectivity index (χ0n) is 15.0. The maximum Gasteiger partial charge on any atom is 0.265 e. The Hall–Kier alpha value is -1.56. The molecule has 26 heavy (non-hydrogen) atoms. The average Bonchev–Trinajstić information content (AvgIpc) is 3.15. The Kier molecular flexibility index (Phi) is 5.90. The summed E-state index contributed by atoms with van der Waals surface area (Å²) in [7, 11) is 0. The van der Waals surface area contributed by atoms with Crippen LogP contribution in [0.1, 0.15) is 36.3 Å². The van der Waals surface area contributed by atoms with Crippen molar-refractivity contribution in [2.75, 3.05) is 6.54 Å². The Morgan fingerprint density at radius 2 is 2.08 bits per heavy atom. The van der Waals surface area contributed by atoms with Crippen LogP contribution in [0, 0.1) is 5.92 Å². The summed E-state index contributed by atoms with van der Waals surface area (Å²) >= 11 is 13.7. The van der Waals surface area contributed by atoms with E-state index in [2.05, 4.69) is 25.3 Å². The Balaban J connectivity index is 1.98. The van der Waals surface area contributed by atoms with Crippen LogP contribution in [0.3, 0.4) is 0 Å². The van der Waals surface area contributed by atoms with Crippen LogP contribution in [0.4, 0.5) is 0 Å². The number of carbonyl (C=O) groups excluding carboxylic acids is 1. The monoisotopic (exact) mass is 409 g/mol. The quantitative estimate of drug-likeness (QED) is 0.521. The molecule has 3 aromatic rings. The van der Waals surface area contributed by atoms with Gasteiger partial charge in [-0.05, 0) is 42.5 Å². The minimum absolute atomic E-state index is 0.0496. The molecule has 0 N–H and O–H groups in total. The number of fused-ring (bicyclic) bond motifs is 1. The van der Waals surface area contributed by atoms with Gasteiger partial charge in [0.25, 0.3) is 5.91 Å². The Morgan fingerprint density at radius 3 is 2.69 bits per heavy atom. The van der Waals surface area contributed by atoms with Gasteiger partial charge >= 0.3 is 0 Å². The largest absolute Gasteiger partial charge is 0.330 e. The highest BCUT2D eigenvalue weighted by atomic mass is 35.5. The lowest BCUT2D eigenvalue weighted by Crippen LogP contribution is -2.34. The number of halogens is 2. The molecule has 0 radical (unpaired) electrons. The van der Waals surface area contributed by atoms with E-state index in [1.807, 2.05) is 28.5 Å². The molecule has 2 aromatic heterocycles. The fourth-order valence-electron chi connectivity index (χ4n) is 3.04. The first-order valence-electron chi connectivity index (χ1n) is 8.57. The first-order chi connectivity index (χ1) is 12.4. The molecule has 0 fully saturated rings. The number of carbonyl (C=O) groups is 1. The normalized spacial score (nSPS) is 11.5. The van der Waals surface area contributed by atoms with E-state index in [0.29, 0.717) is 33.9 Å². The van der Waals surface area contributed by atoms with Gasteiger partial charge in [-0.15, -0.1) is 11.3 Å². The molecule has 2 heterocycles. The first-order valence-corrected chi connectivity index (χ1v) is 10.2. The van der Waals surface area contributed by atoms with E-state index in [-0.39, 0.29) is 5.91 Å². The van der Waals surface area contributed by atoms with Gasteiger partial charge in [0.05, 0.1) is 22.6 Å². The van der Waals surface area contributed by atoms with Gasteiger partial charge in [0.15, 0.2) is 0 Å². The summed E-state index contributed by atoms with van der Waals surface area (Å²) in [4.78, 5) is 20.2. The van der Waals surface area contributed by atoms with E-state index in [0.717, 1.165) is 23.4 Å². The van der Waals surface area contributed by atoms with Gasteiger partial charge in [-0.1, -0.05) is 37.0 Å². The van der Waals surface area contributed by atoms with Crippen molar-refractivity contribution in [1.82, 2.24) is 14.5 Å². The number of aryl methyl sites for hydroxylation is 1. The van der Waals surface area contributed by atoms with E-state index in [1.54, 1.807) is 6.07 Å². The van der Waals surface area contributed by atoms with Crippen molar-refractivity contribution in [3.05, 3.63) is 50.4 Å². The third-order valence-corrected chi connectivity index (χ3v) is 5.69. The Labute approximate surface area is 167 Å². The highest BCUT2D eigenvalue weighted by molar-refractivity contribution is 7.12. The molecule has 0 spiro atoms. The third kappa shape index (κ3) is 3.90. The molecule has 0 aliphatic heterocycles. The minimum atomic E-state index is -0.0496. The van der Waals surface area contributed by atoms with Crippen LogP contribution in [-0.2, 0) is 13.1 Å². The molecule has 1 amide bonds. The van der Waals surface area contributed by atoms with Crippen LogP contribution in [-0.4, -0.2) is 26.9 Å². The fraction of sp³-hybridized carbons (Fsp3) is 0.368. The van der Waals surface area contributed by atoms with Gasteiger partial charge in [-0.3, -0.25) is 4.79 Å². The number of nitrogens with zero attached hydrogens (tertiary/aromatic N) is 3. The zero-order chi connectivity index (χ0) is 18.8. The lowest BCUT2D eigenvalue weighted by atomic mass is 10.2. The number of thiophene rings is 1. The van der Waals surface area contributed by atoms with Crippen molar-refractivity contribution in [3.8, 4) is 0 Å². The van der Waals surface area contributed by atoms with Gasteiger partial charge in [-0.25, -0.2) is 4.98 Å². The summed E-state index contributed by atoms with van der Waals surface area (Å²) in [6.45, 7) is 8.09. The average molecular weight is 410 g/mol. The third-order valence-electron chi connectivity index (χ3n) is 4.12. The van der Waals surface area contributed by atoms with Crippen LogP contribution in [0.5, 0.6) is 0 Å². The summed E-state index contributed by atoms with van der Waals surface area (Å²) < 4.78 is 2.11. The standard InChI is InChI=1S/C19H21Cl2N3OS/c1-4-24-16-9-13(20)5-6-15(16)22-17(24)11-23(10-12(2)3)19(25)18-14(21)7-8-26-18/h5-9,12H,4,10-11H2,1-3H3. The highest BCUT2D eigenvalue weighted by Gasteiger charge is 2.23. The molecule has 0 unspecified atom stereocenters. The number of benzene rings is 1. The van der Waals surface area contributed by atoms with E-state index in [1.165, 1.54) is 11.3 Å². The van der Waals surface area contributed by atoms with E-state index in [4.69, 9.17) is 28.2 Å². The molecule has 0 atom stereocenters. The van der Waals surface area contributed by atoms with Gasteiger partial charge in [0, 0.05) is 18.1 Å². The molecular formula is C19H21Cl2N3OS. The number of rotatable bonds is 6. The van der Waals surface area contributed by atoms with Crippen LogP contribution < -0.4 is 0 Å². The summed E-state index contributed by atoms with van der Waals surface area (Å²) in [5.74, 6) is 1.14. The topological polar surface area (TPSA) is 38.1 Å². The lowest BCUT2D eigenvalue weighted by Gasteiger charge is -2.24. The summed E-state index contributed by atoms with van der Waals surface area (Å²) in [5.41, 5.74) is 1.87. The van der Waals surface area contributed by atoms with Gasteiger partial charge < -0.3 is 9.47 Å². The van der Waals surface area contributed by atoms with E-state index >= 15 is 0 Å². The molecule has 138 valence electrons. The molecule has 0 aliphatic carbocycles. The fourth-order valence-corrected chi connectivity index (χ4v) is 4.31. The van der Waals surface area contributed by atoms with Crippen LogP contribution >= 0.6 is 34.5 Å². The molecule has 0 aliphatic rings. The maximum absolute atomic E-state index is 13.0. The van der Waals surface area contributed by atoms with Crippen LogP contribution in [0.15, 0.2) is 29.6 Å².